The van der Waals surface area contributed by atoms with Gasteiger partial charge in [0.2, 0.25) is 5.91 Å². The predicted molar refractivity (Wildman–Crippen MR) is 105 cm³/mol. The molecule has 0 aliphatic heterocycles. The molecular formula is C20H26N4OS. The number of nitrogens with one attached hydrogen (secondary N) is 1. The molecule has 0 bridgehead atoms. The van der Waals surface area contributed by atoms with Gasteiger partial charge in [-0.3, -0.25) is 4.79 Å². The van der Waals surface area contributed by atoms with E-state index in [9.17, 15) is 4.79 Å². The molecule has 26 heavy (non-hydrogen) atoms. The van der Waals surface area contributed by atoms with E-state index < -0.39 is 0 Å². The van der Waals surface area contributed by atoms with Crippen molar-refractivity contribution in [3.8, 4) is 0 Å². The number of carbonyl (C=O) groups excluding carboxylic acids is 1. The second-order valence-corrected chi connectivity index (χ2v) is 9.05. The van der Waals surface area contributed by atoms with Crippen molar-refractivity contribution in [2.45, 2.75) is 74.7 Å². The van der Waals surface area contributed by atoms with Crippen molar-refractivity contribution < 1.29 is 4.79 Å². The van der Waals surface area contributed by atoms with Gasteiger partial charge in [-0.05, 0) is 56.2 Å². The number of hydrogen-bond donors (Lipinski definition) is 1. The van der Waals surface area contributed by atoms with Gasteiger partial charge in [-0.15, -0.1) is 10.2 Å². The molecule has 0 radical (unpaired) electrons. The molecule has 1 atom stereocenters. The Bertz CT molecular complexity index is 791. The molecule has 2 aliphatic carbocycles. The van der Waals surface area contributed by atoms with Crippen molar-refractivity contribution >= 4 is 23.4 Å². The fraction of sp³-hybridized carbons (Fsp3) is 0.550. The first-order chi connectivity index (χ1) is 12.5. The van der Waals surface area contributed by atoms with Crippen molar-refractivity contribution in [3.63, 3.8) is 0 Å². The van der Waals surface area contributed by atoms with Crippen molar-refractivity contribution in [3.05, 3.63) is 35.7 Å². The van der Waals surface area contributed by atoms with Crippen molar-refractivity contribution in [1.82, 2.24) is 14.8 Å². The fourth-order valence-corrected chi connectivity index (χ4v) is 4.00. The molecule has 0 saturated heterocycles. The minimum atomic E-state index is -0.214. The van der Waals surface area contributed by atoms with E-state index in [0.29, 0.717) is 17.9 Å². The lowest BCUT2D eigenvalue weighted by Gasteiger charge is -2.14. The van der Waals surface area contributed by atoms with Crippen LogP contribution in [0.25, 0.3) is 0 Å². The van der Waals surface area contributed by atoms with Gasteiger partial charge in [-0.25, -0.2) is 0 Å². The van der Waals surface area contributed by atoms with Crippen LogP contribution >= 0.6 is 11.8 Å². The van der Waals surface area contributed by atoms with E-state index >= 15 is 0 Å². The van der Waals surface area contributed by atoms with Crippen LogP contribution in [0.1, 0.15) is 75.7 Å². The zero-order chi connectivity index (χ0) is 18.3. The lowest BCUT2D eigenvalue weighted by Crippen LogP contribution is -2.23. The van der Waals surface area contributed by atoms with Gasteiger partial charge in [0.05, 0.1) is 5.25 Å². The van der Waals surface area contributed by atoms with Gasteiger partial charge >= 0.3 is 0 Å². The summed E-state index contributed by atoms with van der Waals surface area (Å²) >= 11 is 1.52. The van der Waals surface area contributed by atoms with Gasteiger partial charge in [0, 0.05) is 17.6 Å². The summed E-state index contributed by atoms with van der Waals surface area (Å²) in [5.41, 5.74) is 2.12. The van der Waals surface area contributed by atoms with Crippen molar-refractivity contribution in [2.75, 3.05) is 5.32 Å². The number of carbonyl (C=O) groups is 1. The largest absolute Gasteiger partial charge is 0.325 e. The number of amides is 1. The minimum Gasteiger partial charge on any atom is -0.325 e. The first-order valence-electron chi connectivity index (χ1n) is 9.55. The summed E-state index contributed by atoms with van der Waals surface area (Å²) < 4.78 is 2.30. The highest BCUT2D eigenvalue weighted by Gasteiger charge is 2.37. The molecule has 0 unspecified atom stereocenters. The summed E-state index contributed by atoms with van der Waals surface area (Å²) in [7, 11) is 0. The summed E-state index contributed by atoms with van der Waals surface area (Å²) in [6.45, 7) is 6.27. The molecule has 138 valence electrons. The molecule has 1 amide bonds. The Hall–Kier alpha value is -1.82. The first kappa shape index (κ1) is 17.6. The molecule has 5 nitrogen and oxygen atoms in total. The van der Waals surface area contributed by atoms with Crippen LogP contribution in [0.5, 0.6) is 0 Å². The van der Waals surface area contributed by atoms with Gasteiger partial charge in [-0.2, -0.15) is 0 Å². The number of aromatic nitrogens is 3. The molecule has 2 aromatic rings. The van der Waals surface area contributed by atoms with E-state index in [0.717, 1.165) is 16.7 Å². The third-order valence-corrected chi connectivity index (χ3v) is 6.10. The van der Waals surface area contributed by atoms with Crippen LogP contribution in [-0.2, 0) is 4.79 Å². The molecule has 0 spiro atoms. The Morgan fingerprint density at radius 3 is 2.38 bits per heavy atom. The third kappa shape index (κ3) is 3.80. The van der Waals surface area contributed by atoms with Crippen LogP contribution in [0.3, 0.4) is 0 Å². The molecule has 6 heteroatoms. The van der Waals surface area contributed by atoms with E-state index in [1.165, 1.54) is 43.0 Å². The van der Waals surface area contributed by atoms with E-state index in [4.69, 9.17) is 0 Å². The average molecular weight is 371 g/mol. The van der Waals surface area contributed by atoms with Crippen molar-refractivity contribution in [1.29, 1.82) is 0 Å². The smallest absolute Gasteiger partial charge is 0.237 e. The SMILES string of the molecule is CC(C)c1ccc(NC(=O)[C@@H](C)Sc2nnc(C3CC3)n2C2CC2)cc1. The highest BCUT2D eigenvalue weighted by Crippen LogP contribution is 2.46. The number of rotatable bonds is 7. The van der Waals surface area contributed by atoms with Crippen LogP contribution in [0.4, 0.5) is 5.69 Å². The maximum absolute atomic E-state index is 12.6. The summed E-state index contributed by atoms with van der Waals surface area (Å²) in [4.78, 5) is 12.6. The maximum atomic E-state index is 12.6. The maximum Gasteiger partial charge on any atom is 0.237 e. The van der Waals surface area contributed by atoms with Crippen LogP contribution < -0.4 is 5.32 Å². The van der Waals surface area contributed by atoms with Crippen LogP contribution in [-0.4, -0.2) is 25.9 Å². The summed E-state index contributed by atoms with van der Waals surface area (Å²) in [5.74, 6) is 2.21. The first-order valence-corrected chi connectivity index (χ1v) is 10.4. The molecule has 1 aromatic heterocycles. The standard InChI is InChI=1S/C20H26N4OS/c1-12(2)14-6-8-16(9-7-14)21-19(25)13(3)26-20-23-22-18(15-4-5-15)24(20)17-10-11-17/h6-9,12-13,15,17H,4-5,10-11H2,1-3H3,(H,21,25)/t13-/m1/s1. The van der Waals surface area contributed by atoms with Crippen LogP contribution in [0, 0.1) is 0 Å². The van der Waals surface area contributed by atoms with Gasteiger partial charge < -0.3 is 9.88 Å². The van der Waals surface area contributed by atoms with E-state index in [1.807, 2.05) is 19.1 Å². The number of hydrogen-bond acceptors (Lipinski definition) is 4. The number of nitrogens with zero attached hydrogens (tertiary/aromatic N) is 3. The summed E-state index contributed by atoms with van der Waals surface area (Å²) in [6, 6.07) is 8.64. The normalized spacial score (nSPS) is 18.2. The average Bonchev–Trinajstić information content (AvgIpc) is 3.54. The molecule has 1 aromatic carbocycles. The number of benzene rings is 1. The minimum absolute atomic E-state index is 0.00520. The Labute approximate surface area is 159 Å². The lowest BCUT2D eigenvalue weighted by molar-refractivity contribution is -0.115. The quantitative estimate of drug-likeness (QED) is 0.716. The highest BCUT2D eigenvalue weighted by atomic mass is 32.2. The van der Waals surface area contributed by atoms with Crippen LogP contribution in [0.2, 0.25) is 0 Å². The lowest BCUT2D eigenvalue weighted by atomic mass is 10.0. The van der Waals surface area contributed by atoms with Crippen LogP contribution in [0.15, 0.2) is 29.4 Å². The Morgan fingerprint density at radius 2 is 1.81 bits per heavy atom. The molecule has 2 aliphatic rings. The zero-order valence-electron chi connectivity index (χ0n) is 15.6. The summed E-state index contributed by atoms with van der Waals surface area (Å²) in [6.07, 6.45) is 4.85. The van der Waals surface area contributed by atoms with Gasteiger partial charge in [0.25, 0.3) is 0 Å². The number of thioether (sulfide) groups is 1. The van der Waals surface area contributed by atoms with Gasteiger partial charge in [0.1, 0.15) is 5.82 Å². The molecule has 2 fully saturated rings. The van der Waals surface area contributed by atoms with Crippen molar-refractivity contribution in [2.24, 2.45) is 0 Å². The molecule has 1 heterocycles. The second kappa shape index (κ2) is 7.06. The van der Waals surface area contributed by atoms with Gasteiger partial charge in [-0.1, -0.05) is 37.7 Å². The Kier molecular flexibility index (Phi) is 4.78. The molecule has 2 saturated carbocycles. The topological polar surface area (TPSA) is 59.8 Å². The Morgan fingerprint density at radius 1 is 1.12 bits per heavy atom. The molecular weight excluding hydrogens is 344 g/mol. The third-order valence-electron chi connectivity index (χ3n) is 5.04. The Balaban J connectivity index is 1.41. The van der Waals surface area contributed by atoms with E-state index in [-0.39, 0.29) is 11.2 Å². The van der Waals surface area contributed by atoms with E-state index in [2.05, 4.69) is 46.1 Å². The zero-order valence-corrected chi connectivity index (χ0v) is 16.4. The summed E-state index contributed by atoms with van der Waals surface area (Å²) in [5, 5.41) is 12.5. The number of anilines is 1. The second-order valence-electron chi connectivity index (χ2n) is 7.74. The highest BCUT2D eigenvalue weighted by molar-refractivity contribution is 8.00. The molecule has 1 N–H and O–H groups in total. The van der Waals surface area contributed by atoms with Gasteiger partial charge in [0.15, 0.2) is 5.16 Å². The predicted octanol–water partition coefficient (Wildman–Crippen LogP) is 4.73. The monoisotopic (exact) mass is 370 g/mol. The molecule has 4 rings (SSSR count). The fourth-order valence-electron chi connectivity index (χ4n) is 3.07. The van der Waals surface area contributed by atoms with E-state index in [1.54, 1.807) is 0 Å².